The van der Waals surface area contributed by atoms with Gasteiger partial charge >= 0.3 is 0 Å². The molecule has 1 N–H and O–H groups in total. The van der Waals surface area contributed by atoms with E-state index in [9.17, 15) is 4.39 Å². The molecule has 0 aliphatic rings. The normalized spacial score (nSPS) is 12.4. The minimum absolute atomic E-state index is 0.177. The lowest BCUT2D eigenvalue weighted by Gasteiger charge is -2.20. The van der Waals surface area contributed by atoms with E-state index in [-0.39, 0.29) is 11.9 Å². The summed E-state index contributed by atoms with van der Waals surface area (Å²) in [5.74, 6) is 0.717. The molecule has 0 saturated heterocycles. The summed E-state index contributed by atoms with van der Waals surface area (Å²) >= 11 is 0. The summed E-state index contributed by atoms with van der Waals surface area (Å²) in [6.45, 7) is 3.66. The highest BCUT2D eigenvalue weighted by molar-refractivity contribution is 5.45. The summed E-state index contributed by atoms with van der Waals surface area (Å²) in [7, 11) is 1.95. The predicted molar refractivity (Wildman–Crippen MR) is 74.8 cm³/mol. The van der Waals surface area contributed by atoms with Crippen LogP contribution in [0.4, 0.5) is 10.1 Å². The largest absolute Gasteiger partial charge is 0.468 e. The molecule has 1 aromatic heterocycles. The number of rotatable bonds is 6. The molecule has 0 saturated carbocycles. The van der Waals surface area contributed by atoms with Crippen LogP contribution in [0.15, 0.2) is 47.1 Å². The Morgan fingerprint density at radius 3 is 2.84 bits per heavy atom. The summed E-state index contributed by atoms with van der Waals surface area (Å²) in [5, 5.41) is 3.37. The fourth-order valence-electron chi connectivity index (χ4n) is 1.93. The van der Waals surface area contributed by atoms with E-state index >= 15 is 0 Å². The van der Waals surface area contributed by atoms with Crippen LogP contribution >= 0.6 is 0 Å². The van der Waals surface area contributed by atoms with Gasteiger partial charge in [0.2, 0.25) is 0 Å². The highest BCUT2D eigenvalue weighted by Gasteiger charge is 2.07. The Labute approximate surface area is 113 Å². The molecule has 1 heterocycles. The fraction of sp³-hybridized carbons (Fsp3) is 0.333. The van der Waals surface area contributed by atoms with Crippen molar-refractivity contribution >= 4 is 5.69 Å². The van der Waals surface area contributed by atoms with Crippen LogP contribution in [0.2, 0.25) is 0 Å². The van der Waals surface area contributed by atoms with E-state index in [0.29, 0.717) is 0 Å². The van der Waals surface area contributed by atoms with E-state index in [1.165, 1.54) is 12.1 Å². The average molecular weight is 262 g/mol. The first-order chi connectivity index (χ1) is 9.16. The average Bonchev–Trinajstić information content (AvgIpc) is 2.92. The molecule has 0 bridgehead atoms. The molecule has 0 spiro atoms. The van der Waals surface area contributed by atoms with Crippen LogP contribution in [0.3, 0.4) is 0 Å². The van der Waals surface area contributed by atoms with Gasteiger partial charge in [-0.25, -0.2) is 4.39 Å². The lowest BCUT2D eigenvalue weighted by Crippen LogP contribution is -2.30. The Kier molecular flexibility index (Phi) is 4.58. The molecule has 1 aromatic carbocycles. The van der Waals surface area contributed by atoms with E-state index in [4.69, 9.17) is 4.42 Å². The van der Waals surface area contributed by atoms with Gasteiger partial charge in [-0.2, -0.15) is 0 Å². The van der Waals surface area contributed by atoms with Crippen LogP contribution in [0, 0.1) is 5.82 Å². The molecular weight excluding hydrogens is 243 g/mol. The number of hydrogen-bond donors (Lipinski definition) is 1. The predicted octanol–water partition coefficient (Wildman–Crippen LogP) is 3.21. The van der Waals surface area contributed by atoms with Crippen LogP contribution in [-0.4, -0.2) is 20.1 Å². The highest BCUT2D eigenvalue weighted by Crippen LogP contribution is 2.14. The van der Waals surface area contributed by atoms with Gasteiger partial charge in [-0.1, -0.05) is 6.07 Å². The fourth-order valence-corrected chi connectivity index (χ4v) is 1.93. The molecule has 3 nitrogen and oxygen atoms in total. The molecule has 102 valence electrons. The second-order valence-electron chi connectivity index (χ2n) is 4.59. The molecule has 0 amide bonds. The molecule has 0 fully saturated rings. The Bertz CT molecular complexity index is 499. The van der Waals surface area contributed by atoms with E-state index < -0.39 is 0 Å². The van der Waals surface area contributed by atoms with Gasteiger partial charge in [0.15, 0.2) is 0 Å². The Morgan fingerprint density at radius 2 is 2.16 bits per heavy atom. The zero-order valence-electron chi connectivity index (χ0n) is 11.3. The molecule has 1 unspecified atom stereocenters. The molecule has 2 aromatic rings. The summed E-state index contributed by atoms with van der Waals surface area (Å²) in [6.07, 6.45) is 1.67. The van der Waals surface area contributed by atoms with Crippen molar-refractivity contribution in [2.24, 2.45) is 0 Å². The standard InChI is InChI=1S/C15H19FN2O/c1-12(15-7-4-10-19-15)17-8-9-18(2)14-6-3-5-13(16)11-14/h3-7,10-12,17H,8-9H2,1-2H3. The molecule has 19 heavy (non-hydrogen) atoms. The molecule has 2 rings (SSSR count). The van der Waals surface area contributed by atoms with Crippen LogP contribution in [0.1, 0.15) is 18.7 Å². The Hall–Kier alpha value is -1.81. The summed E-state index contributed by atoms with van der Waals surface area (Å²) in [6, 6.07) is 10.6. The number of likely N-dealkylation sites (N-methyl/N-ethyl adjacent to an activating group) is 1. The van der Waals surface area contributed by atoms with Crippen molar-refractivity contribution in [2.45, 2.75) is 13.0 Å². The molecule has 4 heteroatoms. The van der Waals surface area contributed by atoms with Gasteiger partial charge < -0.3 is 14.6 Å². The molecule has 0 aliphatic heterocycles. The van der Waals surface area contributed by atoms with Gasteiger partial charge in [0, 0.05) is 25.8 Å². The maximum atomic E-state index is 13.1. The van der Waals surface area contributed by atoms with Gasteiger partial charge in [0.25, 0.3) is 0 Å². The van der Waals surface area contributed by atoms with Gasteiger partial charge in [-0.15, -0.1) is 0 Å². The number of halogens is 1. The number of nitrogens with one attached hydrogen (secondary N) is 1. The van der Waals surface area contributed by atoms with E-state index in [1.54, 1.807) is 12.3 Å². The Balaban J connectivity index is 1.79. The van der Waals surface area contributed by atoms with Crippen molar-refractivity contribution in [3.8, 4) is 0 Å². The first-order valence-corrected chi connectivity index (χ1v) is 6.40. The molecule has 0 aliphatic carbocycles. The third-order valence-electron chi connectivity index (χ3n) is 3.12. The second kappa shape index (κ2) is 6.38. The van der Waals surface area contributed by atoms with Crippen LogP contribution < -0.4 is 10.2 Å². The van der Waals surface area contributed by atoms with Gasteiger partial charge in [0.05, 0.1) is 12.3 Å². The first-order valence-electron chi connectivity index (χ1n) is 6.40. The quantitative estimate of drug-likeness (QED) is 0.866. The van der Waals surface area contributed by atoms with Crippen molar-refractivity contribution in [3.05, 3.63) is 54.2 Å². The number of nitrogens with zero attached hydrogens (tertiary/aromatic N) is 1. The minimum Gasteiger partial charge on any atom is -0.468 e. The van der Waals surface area contributed by atoms with Crippen molar-refractivity contribution in [2.75, 3.05) is 25.0 Å². The lowest BCUT2D eigenvalue weighted by molar-refractivity contribution is 0.433. The minimum atomic E-state index is -0.207. The zero-order valence-corrected chi connectivity index (χ0v) is 11.3. The van der Waals surface area contributed by atoms with Crippen LogP contribution in [-0.2, 0) is 0 Å². The number of hydrogen-bond acceptors (Lipinski definition) is 3. The topological polar surface area (TPSA) is 28.4 Å². The number of furan rings is 1. The molecule has 1 atom stereocenters. The van der Waals surface area contributed by atoms with Gasteiger partial charge in [-0.3, -0.25) is 0 Å². The molecular formula is C15H19FN2O. The number of anilines is 1. The van der Waals surface area contributed by atoms with Crippen molar-refractivity contribution in [1.82, 2.24) is 5.32 Å². The van der Waals surface area contributed by atoms with Crippen molar-refractivity contribution < 1.29 is 8.81 Å². The van der Waals surface area contributed by atoms with Gasteiger partial charge in [-0.05, 0) is 37.3 Å². The van der Waals surface area contributed by atoms with E-state index in [0.717, 1.165) is 24.5 Å². The van der Waals surface area contributed by atoms with Crippen LogP contribution in [0.25, 0.3) is 0 Å². The van der Waals surface area contributed by atoms with Crippen molar-refractivity contribution in [1.29, 1.82) is 0 Å². The zero-order chi connectivity index (χ0) is 13.7. The maximum Gasteiger partial charge on any atom is 0.125 e. The third kappa shape index (κ3) is 3.83. The highest BCUT2D eigenvalue weighted by atomic mass is 19.1. The Morgan fingerprint density at radius 1 is 1.32 bits per heavy atom. The van der Waals surface area contributed by atoms with Crippen molar-refractivity contribution in [3.63, 3.8) is 0 Å². The SMILES string of the molecule is CC(NCCN(C)c1cccc(F)c1)c1ccco1. The van der Waals surface area contributed by atoms with Crippen LogP contribution in [0.5, 0.6) is 0 Å². The second-order valence-corrected chi connectivity index (χ2v) is 4.59. The summed E-state index contributed by atoms with van der Waals surface area (Å²) in [5.41, 5.74) is 0.882. The maximum absolute atomic E-state index is 13.1. The number of benzene rings is 1. The monoisotopic (exact) mass is 262 g/mol. The molecule has 0 radical (unpaired) electrons. The van der Waals surface area contributed by atoms with E-state index in [1.807, 2.05) is 30.1 Å². The summed E-state index contributed by atoms with van der Waals surface area (Å²) < 4.78 is 18.4. The van der Waals surface area contributed by atoms with E-state index in [2.05, 4.69) is 12.2 Å². The van der Waals surface area contributed by atoms with Gasteiger partial charge in [0.1, 0.15) is 11.6 Å². The lowest BCUT2D eigenvalue weighted by atomic mass is 10.2. The first kappa shape index (κ1) is 13.6. The third-order valence-corrected chi connectivity index (χ3v) is 3.12. The summed E-state index contributed by atoms with van der Waals surface area (Å²) in [4.78, 5) is 2.02. The smallest absolute Gasteiger partial charge is 0.125 e.